The number of hydrogen-bond donors (Lipinski definition) is 0. The Morgan fingerprint density at radius 2 is 2.07 bits per heavy atom. The van der Waals surface area contributed by atoms with E-state index < -0.39 is 0 Å². The van der Waals surface area contributed by atoms with Gasteiger partial charge in [0.15, 0.2) is 5.65 Å². The first-order valence-electron chi connectivity index (χ1n) is 9.22. The van der Waals surface area contributed by atoms with Gasteiger partial charge >= 0.3 is 0 Å². The lowest BCUT2D eigenvalue weighted by atomic mass is 9.96. The monoisotopic (exact) mass is 374 g/mol. The van der Waals surface area contributed by atoms with E-state index in [0.29, 0.717) is 12.1 Å². The Bertz CT molecular complexity index is 1120. The fourth-order valence-electron chi connectivity index (χ4n) is 3.75. The molecule has 1 amide bonds. The zero-order valence-electron chi connectivity index (χ0n) is 15.1. The highest BCUT2D eigenvalue weighted by Gasteiger charge is 2.28. The van der Waals surface area contributed by atoms with Crippen LogP contribution >= 0.6 is 0 Å². The van der Waals surface area contributed by atoms with Gasteiger partial charge in [0.1, 0.15) is 12.2 Å². The second-order valence-corrected chi connectivity index (χ2v) is 6.88. The first-order chi connectivity index (χ1) is 13.8. The van der Waals surface area contributed by atoms with E-state index in [1.807, 2.05) is 58.0 Å². The first-order valence-corrected chi connectivity index (χ1v) is 9.22. The maximum absolute atomic E-state index is 13.1. The van der Waals surface area contributed by atoms with E-state index in [0.717, 1.165) is 36.5 Å². The molecule has 0 saturated carbocycles. The van der Waals surface area contributed by atoms with E-state index in [2.05, 4.69) is 25.7 Å². The van der Waals surface area contributed by atoms with Crippen LogP contribution in [0.15, 0.2) is 55.0 Å². The third-order valence-corrected chi connectivity index (χ3v) is 5.12. The largest absolute Gasteiger partial charge is 0.338 e. The van der Waals surface area contributed by atoms with E-state index >= 15 is 0 Å². The highest BCUT2D eigenvalue weighted by atomic mass is 16.2. The van der Waals surface area contributed by atoms with Gasteiger partial charge in [0.2, 0.25) is 0 Å². The molecule has 1 unspecified atom stereocenters. The van der Waals surface area contributed by atoms with Crippen LogP contribution in [0.4, 0.5) is 0 Å². The molecule has 28 heavy (non-hydrogen) atoms. The van der Waals surface area contributed by atoms with Crippen molar-refractivity contribution in [1.82, 2.24) is 39.7 Å². The summed E-state index contributed by atoms with van der Waals surface area (Å²) in [4.78, 5) is 15.0. The molecule has 4 heterocycles. The number of rotatable bonds is 3. The number of carbonyl (C=O) groups excluding carboxylic acids is 1. The van der Waals surface area contributed by atoms with Gasteiger partial charge in [-0.15, -0.1) is 15.3 Å². The molecule has 5 rings (SSSR count). The lowest BCUT2D eigenvalue weighted by Crippen LogP contribution is -2.39. The summed E-state index contributed by atoms with van der Waals surface area (Å²) < 4.78 is 3.55. The quantitative estimate of drug-likeness (QED) is 0.542. The van der Waals surface area contributed by atoms with Gasteiger partial charge in [-0.3, -0.25) is 9.20 Å². The topological polar surface area (TPSA) is 94.1 Å². The highest BCUT2D eigenvalue weighted by Crippen LogP contribution is 2.27. The summed E-state index contributed by atoms with van der Waals surface area (Å²) in [5.74, 6) is 1.08. The minimum Gasteiger partial charge on any atom is -0.338 e. The number of fused-ring (bicyclic) bond motifs is 1. The molecule has 1 saturated heterocycles. The van der Waals surface area contributed by atoms with Gasteiger partial charge in [-0.2, -0.15) is 0 Å². The van der Waals surface area contributed by atoms with Crippen molar-refractivity contribution >= 4 is 11.6 Å². The second-order valence-electron chi connectivity index (χ2n) is 6.88. The van der Waals surface area contributed by atoms with E-state index in [4.69, 9.17) is 0 Å². The van der Waals surface area contributed by atoms with Crippen molar-refractivity contribution in [2.75, 3.05) is 13.1 Å². The van der Waals surface area contributed by atoms with Gasteiger partial charge in [0.25, 0.3) is 5.91 Å². The molecular weight excluding hydrogens is 356 g/mol. The van der Waals surface area contributed by atoms with Gasteiger partial charge in [0.05, 0.1) is 5.69 Å². The van der Waals surface area contributed by atoms with Crippen LogP contribution in [0, 0.1) is 0 Å². The number of tetrazole rings is 1. The van der Waals surface area contributed by atoms with Crippen molar-refractivity contribution in [3.8, 4) is 5.69 Å². The van der Waals surface area contributed by atoms with Gasteiger partial charge in [-0.05, 0) is 53.6 Å². The Labute approximate surface area is 160 Å². The first kappa shape index (κ1) is 16.5. The van der Waals surface area contributed by atoms with Gasteiger partial charge in [-0.1, -0.05) is 12.1 Å². The second kappa shape index (κ2) is 6.84. The molecule has 1 aliphatic rings. The maximum atomic E-state index is 13.1. The Kier molecular flexibility index (Phi) is 4.04. The molecule has 4 aromatic rings. The van der Waals surface area contributed by atoms with Crippen LogP contribution in [0.2, 0.25) is 0 Å². The van der Waals surface area contributed by atoms with Crippen LogP contribution in [0.5, 0.6) is 0 Å². The highest BCUT2D eigenvalue weighted by molar-refractivity contribution is 5.94. The Morgan fingerprint density at radius 1 is 1.11 bits per heavy atom. The third-order valence-electron chi connectivity index (χ3n) is 5.12. The Hall–Kier alpha value is -3.62. The Morgan fingerprint density at radius 3 is 2.96 bits per heavy atom. The number of piperidine rings is 1. The molecule has 9 nitrogen and oxygen atoms in total. The molecule has 9 heteroatoms. The molecule has 0 bridgehead atoms. The number of hydrogen-bond acceptors (Lipinski definition) is 6. The normalized spacial score (nSPS) is 17.1. The average Bonchev–Trinajstić information content (AvgIpc) is 3.43. The summed E-state index contributed by atoms with van der Waals surface area (Å²) in [7, 11) is 0. The summed E-state index contributed by atoms with van der Waals surface area (Å²) in [5.41, 5.74) is 2.21. The molecule has 1 aromatic carbocycles. The van der Waals surface area contributed by atoms with Crippen LogP contribution in [0.3, 0.4) is 0 Å². The van der Waals surface area contributed by atoms with Crippen LogP contribution < -0.4 is 0 Å². The van der Waals surface area contributed by atoms with Crippen molar-refractivity contribution in [2.45, 2.75) is 18.8 Å². The van der Waals surface area contributed by atoms with Crippen molar-refractivity contribution < 1.29 is 4.79 Å². The third kappa shape index (κ3) is 2.90. The smallest absolute Gasteiger partial charge is 0.253 e. The van der Waals surface area contributed by atoms with Crippen molar-refractivity contribution in [2.24, 2.45) is 0 Å². The number of nitrogens with zero attached hydrogens (tertiary/aromatic N) is 8. The molecular formula is C19H18N8O. The average molecular weight is 374 g/mol. The molecule has 0 N–H and O–H groups in total. The van der Waals surface area contributed by atoms with E-state index in [-0.39, 0.29) is 11.8 Å². The van der Waals surface area contributed by atoms with E-state index in [9.17, 15) is 4.79 Å². The van der Waals surface area contributed by atoms with Crippen LogP contribution in [-0.4, -0.2) is 58.7 Å². The van der Waals surface area contributed by atoms with Crippen molar-refractivity contribution in [1.29, 1.82) is 0 Å². The molecule has 0 radical (unpaired) electrons. The molecule has 3 aromatic heterocycles. The SMILES string of the molecule is O=C(c1cccc(-n2cnnn2)c1)N1CCCC(c2nnc3ccccn23)C1. The predicted octanol–water partition coefficient (Wildman–Crippen LogP) is 1.72. The van der Waals surface area contributed by atoms with Gasteiger partial charge < -0.3 is 4.90 Å². The zero-order valence-corrected chi connectivity index (χ0v) is 15.1. The van der Waals surface area contributed by atoms with Gasteiger partial charge in [0, 0.05) is 30.8 Å². The molecule has 0 aliphatic carbocycles. The van der Waals surface area contributed by atoms with Crippen LogP contribution in [0.1, 0.15) is 34.9 Å². The predicted molar refractivity (Wildman–Crippen MR) is 100 cm³/mol. The molecule has 1 fully saturated rings. The van der Waals surface area contributed by atoms with Crippen molar-refractivity contribution in [3.63, 3.8) is 0 Å². The fraction of sp³-hybridized carbons (Fsp3) is 0.263. The summed E-state index contributed by atoms with van der Waals surface area (Å²) in [6, 6.07) is 13.2. The summed E-state index contributed by atoms with van der Waals surface area (Å²) in [5, 5.41) is 19.8. The lowest BCUT2D eigenvalue weighted by molar-refractivity contribution is 0.0704. The molecule has 1 atom stereocenters. The molecule has 1 aliphatic heterocycles. The Balaban J connectivity index is 1.39. The summed E-state index contributed by atoms with van der Waals surface area (Å²) in [6.07, 6.45) is 5.41. The van der Waals surface area contributed by atoms with Crippen molar-refractivity contribution in [3.05, 3.63) is 66.4 Å². The maximum Gasteiger partial charge on any atom is 0.253 e. The van der Waals surface area contributed by atoms with E-state index in [1.165, 1.54) is 11.0 Å². The number of likely N-dealkylation sites (tertiary alicyclic amines) is 1. The minimum absolute atomic E-state index is 0.00782. The zero-order chi connectivity index (χ0) is 18.9. The summed E-state index contributed by atoms with van der Waals surface area (Å²) in [6.45, 7) is 1.37. The van der Waals surface area contributed by atoms with E-state index in [1.54, 1.807) is 0 Å². The van der Waals surface area contributed by atoms with Crippen LogP contribution in [-0.2, 0) is 0 Å². The number of carbonyl (C=O) groups is 1. The van der Waals surface area contributed by atoms with Gasteiger partial charge in [-0.25, -0.2) is 4.68 Å². The minimum atomic E-state index is 0.00782. The number of benzene rings is 1. The fourth-order valence-corrected chi connectivity index (χ4v) is 3.75. The standard InChI is InChI=1S/C19H18N8O/c28-19(14-5-3-7-16(11-14)27-13-20-23-24-27)25-9-4-6-15(12-25)18-22-21-17-8-1-2-10-26(17)18/h1-3,5,7-8,10-11,13,15H,4,6,9,12H2. The number of aromatic nitrogens is 7. The number of pyridine rings is 1. The summed E-state index contributed by atoms with van der Waals surface area (Å²) >= 11 is 0. The lowest BCUT2D eigenvalue weighted by Gasteiger charge is -2.32. The molecule has 140 valence electrons. The van der Waals surface area contributed by atoms with Crippen LogP contribution in [0.25, 0.3) is 11.3 Å². The molecule has 0 spiro atoms. The number of amides is 1.